The fourth-order valence-corrected chi connectivity index (χ4v) is 2.79. The van der Waals surface area contributed by atoms with Crippen LogP contribution in [0.4, 0.5) is 0 Å². The van der Waals surface area contributed by atoms with E-state index < -0.39 is 0 Å². The van der Waals surface area contributed by atoms with Crippen LogP contribution in [-0.2, 0) is 6.54 Å². The lowest BCUT2D eigenvalue weighted by Crippen LogP contribution is -2.39. The van der Waals surface area contributed by atoms with Gasteiger partial charge in [-0.3, -0.25) is 9.88 Å². The molecule has 1 aliphatic carbocycles. The lowest BCUT2D eigenvalue weighted by Gasteiger charge is -2.33. The molecule has 0 radical (unpaired) electrons. The van der Waals surface area contributed by atoms with Crippen molar-refractivity contribution >= 4 is 5.71 Å². The summed E-state index contributed by atoms with van der Waals surface area (Å²) in [6, 6.07) is 6.61. The highest BCUT2D eigenvalue weighted by Crippen LogP contribution is 2.23. The molecule has 4 nitrogen and oxygen atoms in total. The van der Waals surface area contributed by atoms with Gasteiger partial charge in [-0.15, -0.1) is 0 Å². The molecule has 1 aliphatic rings. The van der Waals surface area contributed by atoms with E-state index in [4.69, 9.17) is 5.21 Å². The summed E-state index contributed by atoms with van der Waals surface area (Å²) in [4.78, 5) is 6.80. The second-order valence-electron chi connectivity index (χ2n) is 5.35. The largest absolute Gasteiger partial charge is 0.411 e. The molecule has 19 heavy (non-hydrogen) atoms. The summed E-state index contributed by atoms with van der Waals surface area (Å²) in [6.45, 7) is 3.42. The van der Waals surface area contributed by atoms with Crippen LogP contribution < -0.4 is 0 Å². The maximum Gasteiger partial charge on any atom is 0.0680 e. The zero-order valence-corrected chi connectivity index (χ0v) is 11.6. The van der Waals surface area contributed by atoms with E-state index in [0.29, 0.717) is 6.04 Å². The van der Waals surface area contributed by atoms with Crippen molar-refractivity contribution in [2.24, 2.45) is 5.16 Å². The SMILES string of the molecule is C/C(CN(Cc1ccccn1)C1CCCCC1)=N\O. The highest BCUT2D eigenvalue weighted by atomic mass is 16.4. The molecule has 1 aromatic rings. The Kier molecular flexibility index (Phi) is 5.33. The first-order valence-electron chi connectivity index (χ1n) is 7.11. The van der Waals surface area contributed by atoms with Crippen LogP contribution in [0, 0.1) is 0 Å². The molecule has 0 unspecified atom stereocenters. The van der Waals surface area contributed by atoms with Gasteiger partial charge < -0.3 is 5.21 Å². The predicted molar refractivity (Wildman–Crippen MR) is 76.4 cm³/mol. The summed E-state index contributed by atoms with van der Waals surface area (Å²) in [6.07, 6.45) is 8.27. The Bertz CT molecular complexity index is 399. The van der Waals surface area contributed by atoms with Crippen LogP contribution in [0.3, 0.4) is 0 Å². The first kappa shape index (κ1) is 14.0. The lowest BCUT2D eigenvalue weighted by molar-refractivity contribution is 0.166. The van der Waals surface area contributed by atoms with Gasteiger partial charge in [0.1, 0.15) is 0 Å². The van der Waals surface area contributed by atoms with Gasteiger partial charge in [-0.1, -0.05) is 30.5 Å². The smallest absolute Gasteiger partial charge is 0.0680 e. The van der Waals surface area contributed by atoms with Crippen molar-refractivity contribution in [3.05, 3.63) is 30.1 Å². The standard InChI is InChI=1S/C15H23N3O/c1-13(17-19)11-18(15-8-3-2-4-9-15)12-14-7-5-6-10-16-14/h5-7,10,15,19H,2-4,8-9,11-12H2,1H3/b17-13+. The lowest BCUT2D eigenvalue weighted by atomic mass is 9.94. The van der Waals surface area contributed by atoms with Crippen molar-refractivity contribution in [2.45, 2.75) is 51.6 Å². The zero-order chi connectivity index (χ0) is 13.5. The van der Waals surface area contributed by atoms with Gasteiger partial charge in [0.2, 0.25) is 0 Å². The summed E-state index contributed by atoms with van der Waals surface area (Å²) < 4.78 is 0. The van der Waals surface area contributed by atoms with Crippen molar-refractivity contribution in [3.63, 3.8) is 0 Å². The molecule has 0 aliphatic heterocycles. The van der Waals surface area contributed by atoms with Gasteiger partial charge >= 0.3 is 0 Å². The molecule has 0 atom stereocenters. The maximum absolute atomic E-state index is 8.89. The number of pyridine rings is 1. The average Bonchev–Trinajstić information content (AvgIpc) is 2.48. The van der Waals surface area contributed by atoms with E-state index in [-0.39, 0.29) is 0 Å². The van der Waals surface area contributed by atoms with Crippen molar-refractivity contribution in [1.82, 2.24) is 9.88 Å². The highest BCUT2D eigenvalue weighted by Gasteiger charge is 2.22. The van der Waals surface area contributed by atoms with Crippen LogP contribution in [0.25, 0.3) is 0 Å². The Balaban J connectivity index is 2.04. The molecular formula is C15H23N3O. The van der Waals surface area contributed by atoms with Crippen molar-refractivity contribution < 1.29 is 5.21 Å². The molecule has 0 spiro atoms. The molecule has 4 heteroatoms. The van der Waals surface area contributed by atoms with Gasteiger partial charge in [-0.25, -0.2) is 0 Å². The molecule has 0 bridgehead atoms. The third-order valence-electron chi connectivity index (χ3n) is 3.78. The van der Waals surface area contributed by atoms with Crippen LogP contribution in [-0.4, -0.2) is 33.4 Å². The minimum Gasteiger partial charge on any atom is -0.411 e. The van der Waals surface area contributed by atoms with Gasteiger partial charge in [-0.2, -0.15) is 0 Å². The van der Waals surface area contributed by atoms with Gasteiger partial charge in [0.05, 0.1) is 11.4 Å². The van der Waals surface area contributed by atoms with E-state index in [1.54, 1.807) is 0 Å². The molecular weight excluding hydrogens is 238 g/mol. The van der Waals surface area contributed by atoms with E-state index >= 15 is 0 Å². The number of oxime groups is 1. The van der Waals surface area contributed by atoms with E-state index in [0.717, 1.165) is 24.5 Å². The van der Waals surface area contributed by atoms with Crippen LogP contribution in [0.5, 0.6) is 0 Å². The Hall–Kier alpha value is -1.42. The fourth-order valence-electron chi connectivity index (χ4n) is 2.79. The summed E-state index contributed by atoms with van der Waals surface area (Å²) in [7, 11) is 0. The van der Waals surface area contributed by atoms with Crippen molar-refractivity contribution in [2.75, 3.05) is 6.54 Å². The zero-order valence-electron chi connectivity index (χ0n) is 11.6. The number of hydrogen-bond donors (Lipinski definition) is 1. The molecule has 1 N–H and O–H groups in total. The van der Waals surface area contributed by atoms with Crippen molar-refractivity contribution in [1.29, 1.82) is 0 Å². The average molecular weight is 261 g/mol. The molecule has 1 fully saturated rings. The third kappa shape index (κ3) is 4.31. The van der Waals surface area contributed by atoms with E-state index in [1.807, 2.05) is 25.3 Å². The molecule has 104 valence electrons. The van der Waals surface area contributed by atoms with Crippen LogP contribution in [0.15, 0.2) is 29.6 Å². The number of aromatic nitrogens is 1. The Morgan fingerprint density at radius 1 is 1.37 bits per heavy atom. The molecule has 0 amide bonds. The molecule has 0 aromatic carbocycles. The van der Waals surface area contributed by atoms with Crippen LogP contribution in [0.2, 0.25) is 0 Å². The van der Waals surface area contributed by atoms with Crippen LogP contribution in [0.1, 0.15) is 44.7 Å². The second kappa shape index (κ2) is 7.24. The van der Waals surface area contributed by atoms with Crippen molar-refractivity contribution in [3.8, 4) is 0 Å². The molecule has 1 saturated carbocycles. The van der Waals surface area contributed by atoms with Crippen LogP contribution >= 0.6 is 0 Å². The molecule has 1 heterocycles. The minimum atomic E-state index is 0.590. The summed E-state index contributed by atoms with van der Waals surface area (Å²) >= 11 is 0. The third-order valence-corrected chi connectivity index (χ3v) is 3.78. The highest BCUT2D eigenvalue weighted by molar-refractivity contribution is 5.83. The molecule has 2 rings (SSSR count). The van der Waals surface area contributed by atoms with E-state index in [2.05, 4.69) is 21.1 Å². The summed E-state index contributed by atoms with van der Waals surface area (Å²) in [5.74, 6) is 0. The Morgan fingerprint density at radius 3 is 2.79 bits per heavy atom. The molecule has 1 aromatic heterocycles. The van der Waals surface area contributed by atoms with Gasteiger partial charge in [0.15, 0.2) is 0 Å². The monoisotopic (exact) mass is 261 g/mol. The van der Waals surface area contributed by atoms with Gasteiger partial charge in [-0.05, 0) is 31.9 Å². The van der Waals surface area contributed by atoms with E-state index in [1.165, 1.54) is 32.1 Å². The van der Waals surface area contributed by atoms with Gasteiger partial charge in [0.25, 0.3) is 0 Å². The maximum atomic E-state index is 8.89. The fraction of sp³-hybridized carbons (Fsp3) is 0.600. The van der Waals surface area contributed by atoms with E-state index in [9.17, 15) is 0 Å². The predicted octanol–water partition coefficient (Wildman–Crippen LogP) is 3.07. The quantitative estimate of drug-likeness (QED) is 0.503. The number of nitrogens with zero attached hydrogens (tertiary/aromatic N) is 3. The second-order valence-corrected chi connectivity index (χ2v) is 5.35. The summed E-state index contributed by atoms with van der Waals surface area (Å²) in [5.41, 5.74) is 1.85. The van der Waals surface area contributed by atoms with Gasteiger partial charge in [0, 0.05) is 25.3 Å². The topological polar surface area (TPSA) is 48.7 Å². The first-order chi connectivity index (χ1) is 9.29. The molecule has 0 saturated heterocycles. The number of hydrogen-bond acceptors (Lipinski definition) is 4. The first-order valence-corrected chi connectivity index (χ1v) is 7.11. The Labute approximate surface area is 115 Å². The normalized spacial score (nSPS) is 17.9. The number of rotatable bonds is 5. The summed E-state index contributed by atoms with van der Waals surface area (Å²) in [5, 5.41) is 12.2. The Morgan fingerprint density at radius 2 is 2.16 bits per heavy atom. The minimum absolute atomic E-state index is 0.590.